The van der Waals surface area contributed by atoms with Gasteiger partial charge in [0.05, 0.1) is 0 Å². The molecule has 2 aliphatic heterocycles. The van der Waals surface area contributed by atoms with Gasteiger partial charge in [0.1, 0.15) is 0 Å². The highest BCUT2D eigenvalue weighted by molar-refractivity contribution is 5.82. The second-order valence-corrected chi connectivity index (χ2v) is 8.15. The number of allylic oxidation sites excluding steroid dienone is 4. The average molecular weight is 495 g/mol. The summed E-state index contributed by atoms with van der Waals surface area (Å²) in [4.78, 5) is 17.9. The van der Waals surface area contributed by atoms with E-state index < -0.39 is 0 Å². The number of rotatable bonds is 5. The van der Waals surface area contributed by atoms with E-state index >= 15 is 0 Å². The molecule has 0 radical (unpaired) electrons. The Morgan fingerprint density at radius 3 is 2.25 bits per heavy atom. The lowest BCUT2D eigenvalue weighted by Gasteiger charge is -2.49. The average Bonchev–Trinajstić information content (AvgIpc) is 3.26. The molecule has 1 aromatic carbocycles. The van der Waals surface area contributed by atoms with Gasteiger partial charge in [-0.25, -0.2) is 0 Å². The number of carbonyl (C=O) groups excluding carboxylic acids is 1. The molecule has 2 fully saturated rings. The highest BCUT2D eigenvalue weighted by Crippen LogP contribution is 2.38. The topological polar surface area (TPSA) is 23.6 Å². The fraction of sp³-hybridized carbons (Fsp3) is 0.576. The predicted octanol–water partition coefficient (Wildman–Crippen LogP) is 8.45. The molecule has 2 saturated heterocycles. The minimum absolute atomic E-state index is 0.143. The van der Waals surface area contributed by atoms with Crippen LogP contribution < -0.4 is 0 Å². The fourth-order valence-corrected chi connectivity index (χ4v) is 4.90. The molecule has 3 aliphatic rings. The molecule has 1 aliphatic carbocycles. The number of hydrogen-bond donors (Lipinski definition) is 0. The Hall–Kier alpha value is -2.35. The van der Waals surface area contributed by atoms with E-state index in [-0.39, 0.29) is 5.92 Å². The quantitative estimate of drug-likeness (QED) is 0.383. The van der Waals surface area contributed by atoms with Crippen molar-refractivity contribution in [1.29, 1.82) is 0 Å². The summed E-state index contributed by atoms with van der Waals surface area (Å²) in [5.41, 5.74) is 5.54. The number of benzene rings is 1. The van der Waals surface area contributed by atoms with E-state index in [0.29, 0.717) is 17.9 Å². The Kier molecular flexibility index (Phi) is 19.4. The van der Waals surface area contributed by atoms with Crippen molar-refractivity contribution < 1.29 is 4.79 Å². The van der Waals surface area contributed by atoms with E-state index in [0.717, 1.165) is 51.0 Å². The van der Waals surface area contributed by atoms with Crippen LogP contribution in [-0.2, 0) is 11.2 Å². The first-order valence-electron chi connectivity index (χ1n) is 14.6. The van der Waals surface area contributed by atoms with Gasteiger partial charge in [0, 0.05) is 37.3 Å². The summed E-state index contributed by atoms with van der Waals surface area (Å²) in [6, 6.07) is 11.1. The number of nitrogens with zero attached hydrogens (tertiary/aromatic N) is 2. The molecular weight excluding hydrogens is 440 g/mol. The van der Waals surface area contributed by atoms with E-state index in [2.05, 4.69) is 58.9 Å². The summed E-state index contributed by atoms with van der Waals surface area (Å²) in [6.07, 6.45) is 14.0. The molecule has 4 rings (SSSR count). The van der Waals surface area contributed by atoms with Crippen LogP contribution in [0, 0.1) is 11.8 Å². The van der Waals surface area contributed by atoms with Crippen molar-refractivity contribution >= 4 is 5.91 Å². The van der Waals surface area contributed by atoms with Crippen molar-refractivity contribution in [1.82, 2.24) is 9.80 Å². The Morgan fingerprint density at radius 2 is 1.61 bits per heavy atom. The van der Waals surface area contributed by atoms with Gasteiger partial charge in [0.15, 0.2) is 0 Å². The normalized spacial score (nSPS) is 22.0. The Bertz CT molecular complexity index is 817. The summed E-state index contributed by atoms with van der Waals surface area (Å²) >= 11 is 0. The zero-order valence-electron chi connectivity index (χ0n) is 24.8. The predicted molar refractivity (Wildman–Crippen MR) is 159 cm³/mol. The number of fused-ring (bicyclic) bond motifs is 1. The molecule has 3 atom stereocenters. The van der Waals surface area contributed by atoms with Gasteiger partial charge in [0.2, 0.25) is 5.91 Å². The van der Waals surface area contributed by atoms with Gasteiger partial charge in [0.25, 0.3) is 0 Å². The fourth-order valence-electron chi connectivity index (χ4n) is 4.90. The summed E-state index contributed by atoms with van der Waals surface area (Å²) < 4.78 is 0. The first-order valence-corrected chi connectivity index (χ1v) is 14.6. The molecule has 3 nitrogen and oxygen atoms in total. The molecule has 0 N–H and O–H groups in total. The number of hydrogen-bond acceptors (Lipinski definition) is 2. The van der Waals surface area contributed by atoms with Gasteiger partial charge in [-0.15, -0.1) is 5.73 Å². The van der Waals surface area contributed by atoms with E-state index in [1.165, 1.54) is 5.56 Å². The smallest absolute Gasteiger partial charge is 0.230 e. The highest BCUT2D eigenvalue weighted by Gasteiger charge is 2.44. The van der Waals surface area contributed by atoms with Crippen molar-refractivity contribution in [3.8, 4) is 0 Å². The van der Waals surface area contributed by atoms with E-state index in [1.54, 1.807) is 0 Å². The van der Waals surface area contributed by atoms with Gasteiger partial charge in [-0.05, 0) is 61.5 Å². The molecule has 1 aromatic rings. The maximum atomic E-state index is 13.2. The van der Waals surface area contributed by atoms with Crippen LogP contribution in [-0.4, -0.2) is 41.4 Å². The first kappa shape index (κ1) is 33.7. The third-order valence-corrected chi connectivity index (χ3v) is 6.42. The highest BCUT2D eigenvalue weighted by atomic mass is 16.2. The maximum absolute atomic E-state index is 13.2. The molecular formula is C33H54N2O. The molecule has 3 unspecified atom stereocenters. The summed E-state index contributed by atoms with van der Waals surface area (Å²) in [6.45, 7) is 21.4. The molecule has 0 spiro atoms. The lowest BCUT2D eigenvalue weighted by Crippen LogP contribution is -2.58. The molecule has 202 valence electrons. The van der Waals surface area contributed by atoms with Gasteiger partial charge in [-0.2, -0.15) is 0 Å². The van der Waals surface area contributed by atoms with Crippen LogP contribution in [0.2, 0.25) is 0 Å². The van der Waals surface area contributed by atoms with Crippen molar-refractivity contribution in [3.63, 3.8) is 0 Å². The number of carbonyl (C=O) groups is 1. The molecule has 36 heavy (non-hydrogen) atoms. The molecule has 0 bridgehead atoms. The van der Waals surface area contributed by atoms with Crippen LogP contribution in [0.1, 0.15) is 87.1 Å². The van der Waals surface area contributed by atoms with Gasteiger partial charge in [-0.1, -0.05) is 98.7 Å². The third kappa shape index (κ3) is 9.96. The third-order valence-electron chi connectivity index (χ3n) is 6.42. The van der Waals surface area contributed by atoms with Crippen LogP contribution in [0.4, 0.5) is 0 Å². The van der Waals surface area contributed by atoms with Crippen molar-refractivity contribution in [2.45, 2.75) is 94.0 Å². The van der Waals surface area contributed by atoms with E-state index in [4.69, 9.17) is 0 Å². The Labute approximate surface area is 223 Å². The van der Waals surface area contributed by atoms with Crippen LogP contribution in [0.25, 0.3) is 0 Å². The number of likely N-dealkylation sites (tertiary alicyclic amines) is 2. The zero-order chi connectivity index (χ0) is 27.3. The zero-order valence-corrected chi connectivity index (χ0v) is 24.8. The van der Waals surface area contributed by atoms with Gasteiger partial charge >= 0.3 is 0 Å². The second-order valence-electron chi connectivity index (χ2n) is 8.15. The molecule has 0 saturated carbocycles. The number of amides is 1. The van der Waals surface area contributed by atoms with Crippen LogP contribution in [0.5, 0.6) is 0 Å². The second kappa shape index (κ2) is 20.8. The monoisotopic (exact) mass is 494 g/mol. The van der Waals surface area contributed by atoms with Gasteiger partial charge < -0.3 is 9.80 Å². The van der Waals surface area contributed by atoms with Crippen molar-refractivity contribution in [2.75, 3.05) is 19.6 Å². The first-order chi connectivity index (χ1) is 17.8. The van der Waals surface area contributed by atoms with E-state index in [1.807, 2.05) is 79.7 Å². The summed E-state index contributed by atoms with van der Waals surface area (Å²) in [7, 11) is 0. The van der Waals surface area contributed by atoms with Crippen LogP contribution >= 0.6 is 0 Å². The lowest BCUT2D eigenvalue weighted by molar-refractivity contribution is -0.144. The van der Waals surface area contributed by atoms with Crippen molar-refractivity contribution in [2.24, 2.45) is 11.8 Å². The minimum Gasteiger partial charge on any atom is -0.309 e. The Balaban J connectivity index is 0.00000140. The van der Waals surface area contributed by atoms with Crippen LogP contribution in [0.15, 0.2) is 72.1 Å². The molecule has 0 aromatic heterocycles. The van der Waals surface area contributed by atoms with E-state index in [9.17, 15) is 4.79 Å². The van der Waals surface area contributed by atoms with Crippen molar-refractivity contribution in [3.05, 3.63) is 77.7 Å². The summed E-state index contributed by atoms with van der Waals surface area (Å²) in [5, 5.41) is 0. The molecule has 3 heteroatoms. The largest absolute Gasteiger partial charge is 0.309 e. The summed E-state index contributed by atoms with van der Waals surface area (Å²) in [5.74, 6) is 1.01. The lowest BCUT2D eigenvalue weighted by atomic mass is 9.77. The number of piperidine rings is 2. The Morgan fingerprint density at radius 1 is 0.944 bits per heavy atom. The van der Waals surface area contributed by atoms with Crippen LogP contribution in [0.3, 0.4) is 0 Å². The molecule has 2 heterocycles. The van der Waals surface area contributed by atoms with Gasteiger partial charge in [-0.3, -0.25) is 4.79 Å². The maximum Gasteiger partial charge on any atom is 0.230 e. The SMILES string of the molecule is CC.CC.CC.CC.CCC1CC2CN(CCc3ccccc3)CCC2N(C2=CC=C=CC=C2)C1=O. The minimum atomic E-state index is 0.143. The standard InChI is InChI=1S/C25H30N2O.4C2H6/c1-2-21-18-22-19-26(16-14-20-10-6-5-7-11-20)17-15-24(22)27(25(21)28)23-12-8-3-4-9-13-23;4*1-2/h3,5-13,21-22,24H,2,14-19H2,1H3;4*1-2H3. The molecule has 1 amide bonds.